The SMILES string of the molecule is CN1c2ccccc2C(C)(C)c2nc3cc(C#N)ccc3nc21. The highest BCUT2D eigenvalue weighted by Crippen LogP contribution is 2.46. The van der Waals surface area contributed by atoms with Gasteiger partial charge in [0.05, 0.1) is 28.4 Å². The summed E-state index contributed by atoms with van der Waals surface area (Å²) in [5, 5.41) is 9.10. The summed E-state index contributed by atoms with van der Waals surface area (Å²) in [6.45, 7) is 4.35. The van der Waals surface area contributed by atoms with Crippen molar-refractivity contribution < 1.29 is 0 Å². The van der Waals surface area contributed by atoms with E-state index in [0.29, 0.717) is 5.56 Å². The minimum Gasteiger partial charge on any atom is -0.328 e. The van der Waals surface area contributed by atoms with Crippen molar-refractivity contribution in [3.63, 3.8) is 0 Å². The Hall–Kier alpha value is -2.93. The van der Waals surface area contributed by atoms with Crippen molar-refractivity contribution in [3.8, 4) is 6.07 Å². The summed E-state index contributed by atoms with van der Waals surface area (Å²) in [4.78, 5) is 11.8. The molecule has 0 spiro atoms. The quantitative estimate of drug-likeness (QED) is 0.631. The van der Waals surface area contributed by atoms with Gasteiger partial charge in [0.25, 0.3) is 0 Å². The second kappa shape index (κ2) is 4.53. The highest BCUT2D eigenvalue weighted by Gasteiger charge is 2.37. The molecule has 4 rings (SSSR count). The minimum absolute atomic E-state index is 0.234. The third kappa shape index (κ3) is 1.83. The zero-order valence-electron chi connectivity index (χ0n) is 13.3. The maximum Gasteiger partial charge on any atom is 0.156 e. The van der Waals surface area contributed by atoms with E-state index < -0.39 is 0 Å². The minimum atomic E-state index is -0.234. The molecule has 112 valence electrons. The number of benzene rings is 2. The first-order valence-electron chi connectivity index (χ1n) is 7.58. The molecule has 0 N–H and O–H groups in total. The average molecular weight is 300 g/mol. The Bertz CT molecular complexity index is 982. The average Bonchev–Trinajstić information content (AvgIpc) is 2.58. The molecule has 0 aliphatic carbocycles. The van der Waals surface area contributed by atoms with Crippen molar-refractivity contribution >= 4 is 22.5 Å². The molecule has 0 amide bonds. The summed E-state index contributed by atoms with van der Waals surface area (Å²) in [5.41, 5.74) is 5.29. The lowest BCUT2D eigenvalue weighted by Gasteiger charge is -2.38. The van der Waals surface area contributed by atoms with Gasteiger partial charge in [-0.2, -0.15) is 5.26 Å². The van der Waals surface area contributed by atoms with Crippen LogP contribution in [0.5, 0.6) is 0 Å². The largest absolute Gasteiger partial charge is 0.328 e. The monoisotopic (exact) mass is 300 g/mol. The van der Waals surface area contributed by atoms with Gasteiger partial charge in [0.1, 0.15) is 0 Å². The Balaban J connectivity index is 2.05. The van der Waals surface area contributed by atoms with Crippen molar-refractivity contribution in [2.45, 2.75) is 19.3 Å². The van der Waals surface area contributed by atoms with Crippen molar-refractivity contribution in [3.05, 3.63) is 59.3 Å². The van der Waals surface area contributed by atoms with Gasteiger partial charge >= 0.3 is 0 Å². The normalized spacial score (nSPS) is 15.0. The predicted molar refractivity (Wildman–Crippen MR) is 90.9 cm³/mol. The van der Waals surface area contributed by atoms with E-state index >= 15 is 0 Å². The number of aromatic nitrogens is 2. The highest BCUT2D eigenvalue weighted by molar-refractivity contribution is 5.82. The lowest BCUT2D eigenvalue weighted by molar-refractivity contribution is 0.604. The van der Waals surface area contributed by atoms with Gasteiger partial charge in [-0.3, -0.25) is 0 Å². The van der Waals surface area contributed by atoms with Gasteiger partial charge < -0.3 is 4.90 Å². The third-order valence-electron chi connectivity index (χ3n) is 4.62. The molecule has 2 heterocycles. The molecule has 0 radical (unpaired) electrons. The van der Waals surface area contributed by atoms with E-state index in [1.165, 1.54) is 5.56 Å². The number of fused-ring (bicyclic) bond motifs is 3. The third-order valence-corrected chi connectivity index (χ3v) is 4.62. The first-order valence-corrected chi connectivity index (χ1v) is 7.58. The molecule has 1 aromatic heterocycles. The second-order valence-electron chi connectivity index (χ2n) is 6.41. The van der Waals surface area contributed by atoms with Crippen LogP contribution < -0.4 is 4.90 Å². The van der Waals surface area contributed by atoms with Crippen molar-refractivity contribution in [1.82, 2.24) is 9.97 Å². The number of nitrogens with zero attached hydrogens (tertiary/aromatic N) is 4. The van der Waals surface area contributed by atoms with Crippen LogP contribution in [0.4, 0.5) is 11.5 Å². The Kier molecular flexibility index (Phi) is 2.70. The van der Waals surface area contributed by atoms with E-state index in [-0.39, 0.29) is 5.41 Å². The van der Waals surface area contributed by atoms with Gasteiger partial charge in [0.2, 0.25) is 0 Å². The number of rotatable bonds is 0. The molecule has 1 aliphatic rings. The second-order valence-corrected chi connectivity index (χ2v) is 6.41. The van der Waals surface area contributed by atoms with Crippen LogP contribution in [0.3, 0.4) is 0 Å². The fraction of sp³-hybridized carbons (Fsp3) is 0.211. The molecule has 1 aliphatic heterocycles. The Morgan fingerprint density at radius 3 is 2.61 bits per heavy atom. The first kappa shape index (κ1) is 13.7. The molecule has 4 nitrogen and oxygen atoms in total. The topological polar surface area (TPSA) is 52.8 Å². The maximum atomic E-state index is 9.10. The highest BCUT2D eigenvalue weighted by atomic mass is 15.2. The Labute approximate surface area is 135 Å². The van der Waals surface area contributed by atoms with Crippen LogP contribution in [0.1, 0.15) is 30.7 Å². The lowest BCUT2D eigenvalue weighted by atomic mass is 9.77. The van der Waals surface area contributed by atoms with Crippen LogP contribution in [0, 0.1) is 11.3 Å². The summed E-state index contributed by atoms with van der Waals surface area (Å²) >= 11 is 0. The van der Waals surface area contributed by atoms with Gasteiger partial charge in [-0.25, -0.2) is 9.97 Å². The van der Waals surface area contributed by atoms with Gasteiger partial charge in [-0.15, -0.1) is 0 Å². The van der Waals surface area contributed by atoms with Crippen LogP contribution in [-0.2, 0) is 5.41 Å². The molecule has 0 saturated carbocycles. The molecule has 3 aromatic rings. The molecular formula is C19H16N4. The van der Waals surface area contributed by atoms with Gasteiger partial charge in [0.15, 0.2) is 5.82 Å². The summed E-state index contributed by atoms with van der Waals surface area (Å²) in [6.07, 6.45) is 0. The van der Waals surface area contributed by atoms with Crippen LogP contribution >= 0.6 is 0 Å². The van der Waals surface area contributed by atoms with E-state index in [9.17, 15) is 0 Å². The zero-order valence-corrected chi connectivity index (χ0v) is 13.3. The summed E-state index contributed by atoms with van der Waals surface area (Å²) in [6, 6.07) is 16.0. The van der Waals surface area contributed by atoms with Crippen LogP contribution in [0.15, 0.2) is 42.5 Å². The summed E-state index contributed by atoms with van der Waals surface area (Å²) in [7, 11) is 2.02. The Morgan fingerprint density at radius 1 is 1.04 bits per heavy atom. The molecule has 0 atom stereocenters. The van der Waals surface area contributed by atoms with E-state index in [0.717, 1.165) is 28.2 Å². The molecular weight excluding hydrogens is 284 g/mol. The van der Waals surface area contributed by atoms with Gasteiger partial charge in [-0.05, 0) is 43.7 Å². The van der Waals surface area contributed by atoms with Crippen molar-refractivity contribution in [2.75, 3.05) is 11.9 Å². The van der Waals surface area contributed by atoms with E-state index in [1.807, 2.05) is 19.2 Å². The molecule has 4 heteroatoms. The smallest absolute Gasteiger partial charge is 0.156 e. The van der Waals surface area contributed by atoms with Crippen LogP contribution in [-0.4, -0.2) is 17.0 Å². The number of para-hydroxylation sites is 1. The molecule has 0 bridgehead atoms. The van der Waals surface area contributed by atoms with Crippen LogP contribution in [0.25, 0.3) is 11.0 Å². The first-order chi connectivity index (χ1) is 11.0. The van der Waals surface area contributed by atoms with Crippen molar-refractivity contribution in [1.29, 1.82) is 5.26 Å². The number of anilines is 2. The fourth-order valence-electron chi connectivity index (χ4n) is 3.30. The number of hydrogen-bond donors (Lipinski definition) is 0. The molecule has 0 unspecified atom stereocenters. The van der Waals surface area contributed by atoms with E-state index in [1.54, 1.807) is 12.1 Å². The lowest BCUT2D eigenvalue weighted by Crippen LogP contribution is -2.32. The van der Waals surface area contributed by atoms with Gasteiger partial charge in [0, 0.05) is 18.2 Å². The number of hydrogen-bond acceptors (Lipinski definition) is 4. The molecule has 2 aromatic carbocycles. The summed E-state index contributed by atoms with van der Waals surface area (Å²) in [5.74, 6) is 0.880. The predicted octanol–water partition coefficient (Wildman–Crippen LogP) is 3.91. The van der Waals surface area contributed by atoms with Crippen molar-refractivity contribution in [2.24, 2.45) is 0 Å². The van der Waals surface area contributed by atoms with Gasteiger partial charge in [-0.1, -0.05) is 18.2 Å². The molecule has 0 saturated heterocycles. The summed E-state index contributed by atoms with van der Waals surface area (Å²) < 4.78 is 0. The number of nitriles is 1. The maximum absolute atomic E-state index is 9.10. The molecule has 23 heavy (non-hydrogen) atoms. The molecule has 0 fully saturated rings. The van der Waals surface area contributed by atoms with E-state index in [4.69, 9.17) is 15.2 Å². The Morgan fingerprint density at radius 2 is 1.83 bits per heavy atom. The van der Waals surface area contributed by atoms with E-state index in [2.05, 4.69) is 43.0 Å². The zero-order chi connectivity index (χ0) is 16.2. The fourth-order valence-corrected chi connectivity index (χ4v) is 3.30. The van der Waals surface area contributed by atoms with Crippen LogP contribution in [0.2, 0.25) is 0 Å². The standard InChI is InChI=1S/C19H16N4/c1-19(2)13-6-4-5-7-16(13)23(3)18-17(19)21-15-10-12(11-20)8-9-14(15)22-18/h4-10H,1-3H3.